The SMILES string of the molecule is CCSCCC(C)Nc1cc(N)nc(C2CC2)n1. The minimum atomic E-state index is 0.422. The maximum Gasteiger partial charge on any atom is 0.136 e. The Labute approximate surface area is 113 Å². The van der Waals surface area contributed by atoms with Gasteiger partial charge < -0.3 is 11.1 Å². The third-order valence-corrected chi connectivity index (χ3v) is 3.93. The van der Waals surface area contributed by atoms with Crippen molar-refractivity contribution in [3.63, 3.8) is 0 Å². The molecule has 1 aromatic heterocycles. The molecule has 18 heavy (non-hydrogen) atoms. The predicted octanol–water partition coefficient (Wildman–Crippen LogP) is 2.88. The van der Waals surface area contributed by atoms with Gasteiger partial charge in [0.25, 0.3) is 0 Å². The Bertz CT molecular complexity index is 393. The first kappa shape index (κ1) is 13.5. The van der Waals surface area contributed by atoms with E-state index in [1.54, 1.807) is 0 Å². The van der Waals surface area contributed by atoms with Gasteiger partial charge in [-0.2, -0.15) is 11.8 Å². The largest absolute Gasteiger partial charge is 0.384 e. The van der Waals surface area contributed by atoms with E-state index < -0.39 is 0 Å². The average Bonchev–Trinajstić information content (AvgIpc) is 3.12. The molecule has 1 unspecified atom stereocenters. The van der Waals surface area contributed by atoms with Crippen LogP contribution in [0.25, 0.3) is 0 Å². The van der Waals surface area contributed by atoms with Crippen LogP contribution in [0, 0.1) is 0 Å². The van der Waals surface area contributed by atoms with Gasteiger partial charge in [0, 0.05) is 18.0 Å². The minimum Gasteiger partial charge on any atom is -0.384 e. The number of hydrogen-bond acceptors (Lipinski definition) is 5. The molecular formula is C13H22N4S. The predicted molar refractivity (Wildman–Crippen MR) is 79.1 cm³/mol. The molecule has 0 bridgehead atoms. The van der Waals surface area contributed by atoms with Gasteiger partial charge in [-0.3, -0.25) is 0 Å². The lowest BCUT2D eigenvalue weighted by Gasteiger charge is -2.15. The Morgan fingerprint density at radius 1 is 1.50 bits per heavy atom. The lowest BCUT2D eigenvalue weighted by Crippen LogP contribution is -2.18. The van der Waals surface area contributed by atoms with Crippen LogP contribution in [0.15, 0.2) is 6.07 Å². The van der Waals surface area contributed by atoms with Crippen LogP contribution >= 0.6 is 11.8 Å². The molecule has 0 saturated heterocycles. The number of rotatable bonds is 7. The van der Waals surface area contributed by atoms with Crippen molar-refractivity contribution in [2.24, 2.45) is 0 Å². The fourth-order valence-corrected chi connectivity index (χ4v) is 2.62. The van der Waals surface area contributed by atoms with E-state index in [0.717, 1.165) is 18.1 Å². The molecule has 4 nitrogen and oxygen atoms in total. The average molecular weight is 266 g/mol. The molecule has 2 rings (SSSR count). The maximum atomic E-state index is 5.83. The second-order valence-corrected chi connectivity index (χ2v) is 6.24. The summed E-state index contributed by atoms with van der Waals surface area (Å²) in [6.07, 6.45) is 3.54. The third-order valence-electron chi connectivity index (χ3n) is 3.00. The zero-order valence-electron chi connectivity index (χ0n) is 11.1. The lowest BCUT2D eigenvalue weighted by molar-refractivity contribution is 0.762. The van der Waals surface area contributed by atoms with Crippen molar-refractivity contribution in [2.75, 3.05) is 22.6 Å². The van der Waals surface area contributed by atoms with E-state index in [9.17, 15) is 0 Å². The van der Waals surface area contributed by atoms with Crippen LogP contribution in [0.4, 0.5) is 11.6 Å². The molecule has 0 amide bonds. The fraction of sp³-hybridized carbons (Fsp3) is 0.692. The summed E-state index contributed by atoms with van der Waals surface area (Å²) in [5, 5.41) is 3.42. The molecule has 1 atom stereocenters. The van der Waals surface area contributed by atoms with Crippen LogP contribution in [0.5, 0.6) is 0 Å². The zero-order chi connectivity index (χ0) is 13.0. The van der Waals surface area contributed by atoms with Gasteiger partial charge in [0.05, 0.1) is 0 Å². The van der Waals surface area contributed by atoms with E-state index in [-0.39, 0.29) is 0 Å². The summed E-state index contributed by atoms with van der Waals surface area (Å²) in [5.41, 5.74) is 5.83. The van der Waals surface area contributed by atoms with E-state index >= 15 is 0 Å². The molecule has 1 aromatic rings. The summed E-state index contributed by atoms with van der Waals surface area (Å²) in [6.45, 7) is 4.38. The summed E-state index contributed by atoms with van der Waals surface area (Å²) in [4.78, 5) is 8.86. The molecule has 3 N–H and O–H groups in total. The van der Waals surface area contributed by atoms with Gasteiger partial charge in [-0.05, 0) is 37.7 Å². The number of nitrogens with two attached hydrogens (primary N) is 1. The molecule has 1 aliphatic rings. The number of nitrogen functional groups attached to an aromatic ring is 1. The Balaban J connectivity index is 1.91. The number of nitrogens with one attached hydrogen (secondary N) is 1. The van der Waals surface area contributed by atoms with Crippen LogP contribution in [-0.4, -0.2) is 27.5 Å². The van der Waals surface area contributed by atoms with Gasteiger partial charge in [0.2, 0.25) is 0 Å². The van der Waals surface area contributed by atoms with E-state index in [1.807, 2.05) is 17.8 Å². The molecule has 1 aliphatic carbocycles. The summed E-state index contributed by atoms with van der Waals surface area (Å²) < 4.78 is 0. The van der Waals surface area contributed by atoms with Crippen molar-refractivity contribution >= 4 is 23.4 Å². The highest BCUT2D eigenvalue weighted by atomic mass is 32.2. The molecule has 1 saturated carbocycles. The summed E-state index contributed by atoms with van der Waals surface area (Å²) in [7, 11) is 0. The number of anilines is 2. The van der Waals surface area contributed by atoms with Gasteiger partial charge >= 0.3 is 0 Å². The molecule has 1 fully saturated rings. The Morgan fingerprint density at radius 3 is 2.94 bits per heavy atom. The van der Waals surface area contributed by atoms with Crippen LogP contribution in [0.1, 0.15) is 44.9 Å². The molecule has 0 aromatic carbocycles. The second-order valence-electron chi connectivity index (χ2n) is 4.84. The Morgan fingerprint density at radius 2 is 2.28 bits per heavy atom. The van der Waals surface area contributed by atoms with Crippen molar-refractivity contribution in [3.05, 3.63) is 11.9 Å². The highest BCUT2D eigenvalue weighted by Gasteiger charge is 2.27. The topological polar surface area (TPSA) is 63.8 Å². The molecule has 5 heteroatoms. The van der Waals surface area contributed by atoms with Gasteiger partial charge in [0.1, 0.15) is 17.5 Å². The monoisotopic (exact) mass is 266 g/mol. The lowest BCUT2D eigenvalue weighted by atomic mass is 10.2. The highest BCUT2D eigenvalue weighted by molar-refractivity contribution is 7.99. The number of thioether (sulfide) groups is 1. The number of hydrogen-bond donors (Lipinski definition) is 2. The fourth-order valence-electron chi connectivity index (χ4n) is 1.81. The smallest absolute Gasteiger partial charge is 0.136 e. The van der Waals surface area contributed by atoms with E-state index in [1.165, 1.54) is 24.3 Å². The zero-order valence-corrected chi connectivity index (χ0v) is 12.0. The summed E-state index contributed by atoms with van der Waals surface area (Å²) in [5.74, 6) is 5.26. The number of nitrogens with zero attached hydrogens (tertiary/aromatic N) is 2. The van der Waals surface area contributed by atoms with Gasteiger partial charge in [-0.1, -0.05) is 6.92 Å². The highest BCUT2D eigenvalue weighted by Crippen LogP contribution is 2.38. The standard InChI is InChI=1S/C13H22N4S/c1-3-18-7-6-9(2)15-12-8-11(14)16-13(17-12)10-4-5-10/h8-10H,3-7H2,1-2H3,(H3,14,15,16,17). The number of aromatic nitrogens is 2. The molecule has 100 valence electrons. The van der Waals surface area contributed by atoms with E-state index in [2.05, 4.69) is 29.1 Å². The quantitative estimate of drug-likeness (QED) is 0.743. The molecule has 0 spiro atoms. The van der Waals surface area contributed by atoms with Crippen LogP contribution in [0.3, 0.4) is 0 Å². The maximum absolute atomic E-state index is 5.83. The molecule has 0 radical (unpaired) electrons. The van der Waals surface area contributed by atoms with Crippen molar-refractivity contribution < 1.29 is 0 Å². The normalized spacial score (nSPS) is 16.6. The van der Waals surface area contributed by atoms with E-state index in [4.69, 9.17) is 5.73 Å². The Hall–Kier alpha value is -0.970. The van der Waals surface area contributed by atoms with Gasteiger partial charge in [-0.25, -0.2) is 9.97 Å². The van der Waals surface area contributed by atoms with Crippen LogP contribution in [0.2, 0.25) is 0 Å². The first-order valence-electron chi connectivity index (χ1n) is 6.67. The van der Waals surface area contributed by atoms with Crippen LogP contribution < -0.4 is 11.1 Å². The van der Waals surface area contributed by atoms with Crippen LogP contribution in [-0.2, 0) is 0 Å². The third kappa shape index (κ3) is 4.05. The van der Waals surface area contributed by atoms with E-state index in [0.29, 0.717) is 17.8 Å². The summed E-state index contributed by atoms with van der Waals surface area (Å²) >= 11 is 1.97. The first-order valence-corrected chi connectivity index (χ1v) is 7.83. The van der Waals surface area contributed by atoms with Crippen molar-refractivity contribution in [3.8, 4) is 0 Å². The van der Waals surface area contributed by atoms with Crippen molar-refractivity contribution in [1.29, 1.82) is 0 Å². The minimum absolute atomic E-state index is 0.422. The second kappa shape index (κ2) is 6.27. The molecular weight excluding hydrogens is 244 g/mol. The van der Waals surface area contributed by atoms with Gasteiger partial charge in [0.15, 0.2) is 0 Å². The van der Waals surface area contributed by atoms with Crippen molar-refractivity contribution in [1.82, 2.24) is 9.97 Å². The van der Waals surface area contributed by atoms with Gasteiger partial charge in [-0.15, -0.1) is 0 Å². The Kier molecular flexibility index (Phi) is 4.69. The summed E-state index contributed by atoms with van der Waals surface area (Å²) in [6, 6.07) is 2.25. The first-order chi connectivity index (χ1) is 8.69. The molecule has 1 heterocycles. The van der Waals surface area contributed by atoms with Crippen molar-refractivity contribution in [2.45, 2.75) is 45.1 Å². The molecule has 0 aliphatic heterocycles.